The zero-order valence-electron chi connectivity index (χ0n) is 22.5. The first-order valence-corrected chi connectivity index (χ1v) is 14.6. The molecule has 1 aliphatic carbocycles. The van der Waals surface area contributed by atoms with E-state index >= 15 is 0 Å². The van der Waals surface area contributed by atoms with E-state index in [1.807, 2.05) is 0 Å². The van der Waals surface area contributed by atoms with Gasteiger partial charge in [-0.15, -0.1) is 0 Å². The van der Waals surface area contributed by atoms with E-state index < -0.39 is 39.3 Å². The van der Waals surface area contributed by atoms with E-state index in [1.54, 1.807) is 38.1 Å². The van der Waals surface area contributed by atoms with E-state index in [1.165, 1.54) is 40.5 Å². The van der Waals surface area contributed by atoms with Crippen molar-refractivity contribution in [3.8, 4) is 0 Å². The zero-order chi connectivity index (χ0) is 29.5. The smallest absolute Gasteiger partial charge is 0.253 e. The highest BCUT2D eigenvalue weighted by molar-refractivity contribution is 7.89. The molecule has 216 valence electrons. The van der Waals surface area contributed by atoms with E-state index in [0.717, 1.165) is 0 Å². The van der Waals surface area contributed by atoms with Gasteiger partial charge in [0.2, 0.25) is 15.9 Å². The first-order valence-electron chi connectivity index (χ1n) is 12.8. The lowest BCUT2D eigenvalue weighted by Crippen LogP contribution is -2.52. The van der Waals surface area contributed by atoms with Crippen molar-refractivity contribution in [2.24, 2.45) is 10.9 Å². The maximum Gasteiger partial charge on any atom is 0.253 e. The topological polar surface area (TPSA) is 82.1 Å². The van der Waals surface area contributed by atoms with Gasteiger partial charge in [-0.3, -0.25) is 9.79 Å². The van der Waals surface area contributed by atoms with E-state index in [2.05, 4.69) is 16.9 Å². The largest absolute Gasteiger partial charge is 0.363 e. The third-order valence-corrected chi connectivity index (χ3v) is 9.33. The summed E-state index contributed by atoms with van der Waals surface area (Å²) in [4.78, 5) is 19.0. The Morgan fingerprint density at radius 1 is 1.20 bits per heavy atom. The minimum absolute atomic E-state index is 0.00326. The van der Waals surface area contributed by atoms with Gasteiger partial charge in [-0.1, -0.05) is 42.4 Å². The van der Waals surface area contributed by atoms with Crippen molar-refractivity contribution in [2.75, 3.05) is 20.1 Å². The van der Waals surface area contributed by atoms with Crippen LogP contribution in [0.2, 0.25) is 5.02 Å². The van der Waals surface area contributed by atoms with Crippen molar-refractivity contribution >= 4 is 33.4 Å². The number of rotatable bonds is 11. The molecule has 1 aliphatic heterocycles. The Kier molecular flexibility index (Phi) is 8.40. The monoisotopic (exact) mass is 596 g/mol. The number of likely N-dealkylation sites (N-methyl/N-ethyl adjacent to an activating group) is 1. The van der Waals surface area contributed by atoms with Crippen molar-refractivity contribution in [1.82, 2.24) is 14.5 Å². The number of nitrogens with zero attached hydrogens (tertiary/aromatic N) is 3. The van der Waals surface area contributed by atoms with Gasteiger partial charge in [0.05, 0.1) is 15.5 Å². The highest BCUT2D eigenvalue weighted by Crippen LogP contribution is 2.48. The number of amides is 1. The number of alkyl halides is 2. The van der Waals surface area contributed by atoms with Crippen LogP contribution in [0.15, 0.2) is 70.6 Å². The molecule has 0 radical (unpaired) electrons. The molecule has 2 aliphatic rings. The molecule has 1 N–H and O–H groups in total. The van der Waals surface area contributed by atoms with Gasteiger partial charge in [-0.05, 0) is 55.7 Å². The number of halogens is 4. The molecule has 1 amide bonds. The van der Waals surface area contributed by atoms with Gasteiger partial charge in [-0.2, -0.15) is 4.31 Å². The van der Waals surface area contributed by atoms with Crippen molar-refractivity contribution in [2.45, 2.75) is 55.6 Å². The SMILES string of the molecule is C=C(CCN(Cc1ccc(Cl)c(F)c1)S(=O)(=O)c1ccccc1)C1=N[C@@H](C(=O)N(C)C[C@H]2CC2(F)F)C(C)(C)N1. The minimum Gasteiger partial charge on any atom is -0.363 e. The lowest BCUT2D eigenvalue weighted by molar-refractivity contribution is -0.132. The Balaban J connectivity index is 1.50. The van der Waals surface area contributed by atoms with Crippen molar-refractivity contribution in [1.29, 1.82) is 0 Å². The molecule has 4 rings (SSSR count). The van der Waals surface area contributed by atoms with Crippen LogP contribution < -0.4 is 5.32 Å². The van der Waals surface area contributed by atoms with Crippen molar-refractivity contribution in [3.63, 3.8) is 0 Å². The third-order valence-electron chi connectivity index (χ3n) is 7.16. The number of carbonyl (C=O) groups is 1. The molecule has 40 heavy (non-hydrogen) atoms. The summed E-state index contributed by atoms with van der Waals surface area (Å²) in [6, 6.07) is 11.2. The molecule has 0 unspecified atom stereocenters. The molecule has 0 aromatic heterocycles. The van der Waals surface area contributed by atoms with E-state index in [4.69, 9.17) is 11.6 Å². The lowest BCUT2D eigenvalue weighted by Gasteiger charge is -2.29. The van der Waals surface area contributed by atoms with Crippen LogP contribution in [-0.4, -0.2) is 67.0 Å². The number of hydrogen-bond acceptors (Lipinski definition) is 5. The predicted octanol–water partition coefficient (Wildman–Crippen LogP) is 4.88. The van der Waals surface area contributed by atoms with Gasteiger partial charge in [0.15, 0.2) is 6.04 Å². The van der Waals surface area contributed by atoms with Gasteiger partial charge < -0.3 is 10.2 Å². The second-order valence-electron chi connectivity index (χ2n) is 10.9. The fourth-order valence-corrected chi connectivity index (χ4v) is 6.15. The average molecular weight is 597 g/mol. The number of hydrogen-bond donors (Lipinski definition) is 1. The van der Waals surface area contributed by atoms with E-state index in [9.17, 15) is 26.4 Å². The molecule has 2 atom stereocenters. The number of sulfonamides is 1. The molecule has 0 bridgehead atoms. The quantitative estimate of drug-likeness (QED) is 0.401. The van der Waals surface area contributed by atoms with Crippen LogP contribution in [0, 0.1) is 11.7 Å². The maximum absolute atomic E-state index is 14.1. The van der Waals surface area contributed by atoms with Crippen LogP contribution >= 0.6 is 11.6 Å². The second-order valence-corrected chi connectivity index (χ2v) is 13.2. The summed E-state index contributed by atoms with van der Waals surface area (Å²) >= 11 is 5.80. The molecule has 0 saturated heterocycles. The molecule has 1 saturated carbocycles. The Morgan fingerprint density at radius 3 is 2.45 bits per heavy atom. The van der Waals surface area contributed by atoms with Crippen LogP contribution in [0.1, 0.15) is 32.3 Å². The Bertz CT molecular complexity index is 1430. The minimum atomic E-state index is -3.96. The predicted molar refractivity (Wildman–Crippen MR) is 148 cm³/mol. The normalized spacial score (nSPS) is 21.1. The van der Waals surface area contributed by atoms with Gasteiger partial charge in [-0.25, -0.2) is 21.6 Å². The third kappa shape index (κ3) is 6.53. The first kappa shape index (κ1) is 30.1. The average Bonchev–Trinajstić information content (AvgIpc) is 3.35. The van der Waals surface area contributed by atoms with Crippen LogP contribution in [0.5, 0.6) is 0 Å². The Labute approximate surface area is 237 Å². The van der Waals surface area contributed by atoms with Crippen molar-refractivity contribution in [3.05, 3.63) is 77.1 Å². The zero-order valence-corrected chi connectivity index (χ0v) is 24.1. The summed E-state index contributed by atoms with van der Waals surface area (Å²) in [6.07, 6.45) is -0.0671. The molecular formula is C28H32ClF3N4O3S. The summed E-state index contributed by atoms with van der Waals surface area (Å²) in [7, 11) is -2.47. The van der Waals surface area contributed by atoms with Crippen LogP contribution in [0.4, 0.5) is 13.2 Å². The molecule has 12 heteroatoms. The van der Waals surface area contributed by atoms with Crippen LogP contribution in [0.3, 0.4) is 0 Å². The first-order chi connectivity index (χ1) is 18.6. The fraction of sp³-hybridized carbons (Fsp3) is 0.429. The number of benzene rings is 2. The Morgan fingerprint density at radius 2 is 1.85 bits per heavy atom. The standard InChI is InChI=1S/C28H32ClF3N4O3S/c1-18(25-33-24(27(2,3)34-25)26(37)35(4)17-20-15-28(20,31)32)12-13-36(16-19-10-11-22(29)23(30)14-19)40(38,39)21-8-6-5-7-9-21/h5-11,14,20,24H,1,12-13,15-17H2,2-4H3,(H,33,34)/t20-,24+/m1/s1. The number of aliphatic imine (C=N–C) groups is 1. The second kappa shape index (κ2) is 11.2. The van der Waals surface area contributed by atoms with E-state index in [0.29, 0.717) is 17.0 Å². The molecule has 2 aromatic carbocycles. The van der Waals surface area contributed by atoms with Gasteiger partial charge >= 0.3 is 0 Å². The molecule has 7 nitrogen and oxygen atoms in total. The number of amidine groups is 1. The van der Waals surface area contributed by atoms with Crippen LogP contribution in [0.25, 0.3) is 0 Å². The number of carbonyl (C=O) groups excluding carboxylic acids is 1. The maximum atomic E-state index is 14.1. The van der Waals surface area contributed by atoms with E-state index in [-0.39, 0.29) is 48.3 Å². The molecule has 1 fully saturated rings. The lowest BCUT2D eigenvalue weighted by atomic mass is 9.95. The Hall–Kier alpha value is -2.89. The highest BCUT2D eigenvalue weighted by Gasteiger charge is 2.57. The molecular weight excluding hydrogens is 565 g/mol. The summed E-state index contributed by atoms with van der Waals surface area (Å²) in [5.74, 6) is -4.27. The summed E-state index contributed by atoms with van der Waals surface area (Å²) in [5.41, 5.74) is 0.0708. The number of nitrogens with one attached hydrogen (secondary N) is 1. The highest BCUT2D eigenvalue weighted by atomic mass is 35.5. The molecule has 0 spiro atoms. The van der Waals surface area contributed by atoms with Crippen LogP contribution in [-0.2, 0) is 21.4 Å². The summed E-state index contributed by atoms with van der Waals surface area (Å²) in [5, 5.41) is 3.11. The van der Waals surface area contributed by atoms with Gasteiger partial charge in [0.25, 0.3) is 5.92 Å². The molecule has 1 heterocycles. The van der Waals surface area contributed by atoms with Gasteiger partial charge in [0.1, 0.15) is 11.7 Å². The fourth-order valence-electron chi connectivity index (χ4n) is 4.58. The van der Waals surface area contributed by atoms with Gasteiger partial charge in [0, 0.05) is 39.0 Å². The summed E-state index contributed by atoms with van der Waals surface area (Å²) < 4.78 is 69.1. The summed E-state index contributed by atoms with van der Waals surface area (Å²) in [6.45, 7) is 7.45. The van der Waals surface area contributed by atoms with Crippen molar-refractivity contribution < 1.29 is 26.4 Å². The molecule has 2 aromatic rings.